The van der Waals surface area contributed by atoms with Crippen LogP contribution >= 0.6 is 27.3 Å². The van der Waals surface area contributed by atoms with Crippen LogP contribution in [0.2, 0.25) is 0 Å². The van der Waals surface area contributed by atoms with Crippen LogP contribution in [-0.2, 0) is 0 Å². The van der Waals surface area contributed by atoms with Crippen LogP contribution in [0.4, 0.5) is 5.00 Å². The molecule has 1 heterocycles. The Morgan fingerprint density at radius 3 is 2.95 bits per heavy atom. The van der Waals surface area contributed by atoms with E-state index in [0.29, 0.717) is 22.2 Å². The zero-order valence-corrected chi connectivity index (χ0v) is 12.7. The van der Waals surface area contributed by atoms with E-state index in [-0.39, 0.29) is 10.9 Å². The summed E-state index contributed by atoms with van der Waals surface area (Å²) in [5.74, 6) is 0.284. The van der Waals surface area contributed by atoms with Crippen molar-refractivity contribution in [3.8, 4) is 0 Å². The molecule has 0 radical (unpaired) electrons. The summed E-state index contributed by atoms with van der Waals surface area (Å²) in [4.78, 5) is 22.9. The zero-order valence-electron chi connectivity index (χ0n) is 10.3. The van der Waals surface area contributed by atoms with Crippen molar-refractivity contribution < 1.29 is 9.72 Å². The Bertz CT molecular complexity index is 477. The molecule has 1 aromatic heterocycles. The number of nitrogens with zero attached hydrogens (tertiary/aromatic N) is 1. The van der Waals surface area contributed by atoms with E-state index in [1.54, 1.807) is 0 Å². The number of nitrogens with one attached hydrogen (secondary N) is 1. The molecule has 7 heteroatoms. The zero-order chi connectivity index (χ0) is 13.8. The Balaban J connectivity index is 1.85. The number of amides is 1. The van der Waals surface area contributed by atoms with Gasteiger partial charge in [-0.1, -0.05) is 33.7 Å². The lowest BCUT2D eigenvalue weighted by molar-refractivity contribution is -0.380. The van der Waals surface area contributed by atoms with Crippen molar-refractivity contribution >= 4 is 38.2 Å². The molecule has 1 saturated carbocycles. The van der Waals surface area contributed by atoms with E-state index in [0.717, 1.165) is 24.2 Å². The summed E-state index contributed by atoms with van der Waals surface area (Å²) >= 11 is 4.53. The summed E-state index contributed by atoms with van der Waals surface area (Å²) in [6, 6.07) is 2.88. The van der Waals surface area contributed by atoms with Crippen LogP contribution in [0.3, 0.4) is 0 Å². The summed E-state index contributed by atoms with van der Waals surface area (Å²) in [5.41, 5.74) is 0. The predicted octanol–water partition coefficient (Wildman–Crippen LogP) is 3.34. The quantitative estimate of drug-likeness (QED) is 0.516. The summed E-state index contributed by atoms with van der Waals surface area (Å²) in [7, 11) is 0. The monoisotopic (exact) mass is 346 g/mol. The third-order valence-corrected chi connectivity index (χ3v) is 5.13. The Kier molecular flexibility index (Phi) is 4.93. The summed E-state index contributed by atoms with van der Waals surface area (Å²) in [6.45, 7) is 0.645. The number of hydrogen-bond donors (Lipinski definition) is 1. The van der Waals surface area contributed by atoms with Crippen LogP contribution in [0, 0.1) is 16.0 Å². The van der Waals surface area contributed by atoms with Gasteiger partial charge in [-0.25, -0.2) is 0 Å². The molecule has 1 amide bonds. The number of carbonyl (C=O) groups excluding carboxylic acids is 1. The SMILES string of the molecule is O=C(NCC1CCCC(Br)C1)c1ccc([N+](=O)[O-])s1. The molecule has 0 spiro atoms. The Morgan fingerprint density at radius 1 is 1.53 bits per heavy atom. The van der Waals surface area contributed by atoms with Gasteiger partial charge in [0.1, 0.15) is 0 Å². The standard InChI is InChI=1S/C12H15BrN2O3S/c13-9-3-1-2-8(6-9)7-14-12(16)10-4-5-11(19-10)15(17)18/h4-5,8-9H,1-3,6-7H2,(H,14,16). The summed E-state index contributed by atoms with van der Waals surface area (Å²) in [5, 5.41) is 13.4. The van der Waals surface area contributed by atoms with Crippen molar-refractivity contribution in [1.82, 2.24) is 5.32 Å². The number of nitro groups is 1. The fraction of sp³-hybridized carbons (Fsp3) is 0.583. The fourth-order valence-corrected chi connectivity index (χ4v) is 3.87. The average Bonchev–Trinajstić information content (AvgIpc) is 2.86. The highest BCUT2D eigenvalue weighted by molar-refractivity contribution is 9.09. The van der Waals surface area contributed by atoms with Crippen LogP contribution in [0.15, 0.2) is 12.1 Å². The number of hydrogen-bond acceptors (Lipinski definition) is 4. The highest BCUT2D eigenvalue weighted by Crippen LogP contribution is 2.29. The Labute approximate surface area is 123 Å². The molecule has 1 aliphatic carbocycles. The van der Waals surface area contributed by atoms with Crippen LogP contribution in [0.1, 0.15) is 35.4 Å². The third-order valence-electron chi connectivity index (χ3n) is 3.27. The molecule has 104 valence electrons. The Morgan fingerprint density at radius 2 is 2.32 bits per heavy atom. The number of halogens is 1. The van der Waals surface area contributed by atoms with E-state index in [2.05, 4.69) is 21.2 Å². The van der Waals surface area contributed by atoms with E-state index in [1.165, 1.54) is 25.0 Å². The maximum atomic E-state index is 11.9. The van der Waals surface area contributed by atoms with E-state index in [1.807, 2.05) is 0 Å². The van der Waals surface area contributed by atoms with E-state index >= 15 is 0 Å². The molecule has 0 bridgehead atoms. The van der Waals surface area contributed by atoms with Gasteiger partial charge in [-0.15, -0.1) is 0 Å². The van der Waals surface area contributed by atoms with Crippen molar-refractivity contribution in [2.24, 2.45) is 5.92 Å². The topological polar surface area (TPSA) is 72.2 Å². The second kappa shape index (κ2) is 6.47. The maximum Gasteiger partial charge on any atom is 0.324 e. The minimum absolute atomic E-state index is 0.00309. The molecule has 2 rings (SSSR count). The molecule has 0 aromatic carbocycles. The molecular weight excluding hydrogens is 332 g/mol. The number of rotatable bonds is 4. The van der Waals surface area contributed by atoms with Gasteiger partial charge in [-0.05, 0) is 31.2 Å². The first-order valence-electron chi connectivity index (χ1n) is 6.22. The lowest BCUT2D eigenvalue weighted by Gasteiger charge is -2.25. The van der Waals surface area contributed by atoms with Gasteiger partial charge in [0.15, 0.2) is 0 Å². The molecule has 5 nitrogen and oxygen atoms in total. The molecule has 0 saturated heterocycles. The molecular formula is C12H15BrN2O3S. The van der Waals surface area contributed by atoms with Gasteiger partial charge in [0.25, 0.3) is 5.91 Å². The predicted molar refractivity (Wildman–Crippen MR) is 78.0 cm³/mol. The smallest absolute Gasteiger partial charge is 0.324 e. The first-order chi connectivity index (χ1) is 9.06. The molecule has 2 atom stereocenters. The number of carbonyl (C=O) groups is 1. The lowest BCUT2D eigenvalue weighted by Crippen LogP contribution is -2.31. The average molecular weight is 347 g/mol. The molecule has 2 unspecified atom stereocenters. The molecule has 19 heavy (non-hydrogen) atoms. The maximum absolute atomic E-state index is 11.9. The minimum atomic E-state index is -0.474. The molecule has 1 aromatic rings. The minimum Gasteiger partial charge on any atom is -0.351 e. The first kappa shape index (κ1) is 14.5. The first-order valence-corrected chi connectivity index (χ1v) is 7.96. The third kappa shape index (κ3) is 4.01. The van der Waals surface area contributed by atoms with Gasteiger partial charge in [0, 0.05) is 17.4 Å². The fourth-order valence-electron chi connectivity index (χ4n) is 2.28. The van der Waals surface area contributed by atoms with Crippen molar-refractivity contribution in [2.45, 2.75) is 30.5 Å². The largest absolute Gasteiger partial charge is 0.351 e. The van der Waals surface area contributed by atoms with Crippen molar-refractivity contribution in [1.29, 1.82) is 0 Å². The van der Waals surface area contributed by atoms with Gasteiger partial charge < -0.3 is 5.32 Å². The van der Waals surface area contributed by atoms with E-state index in [9.17, 15) is 14.9 Å². The van der Waals surface area contributed by atoms with Crippen LogP contribution in [0.25, 0.3) is 0 Å². The second-order valence-corrected chi connectivity index (χ2v) is 7.09. The van der Waals surface area contributed by atoms with Crippen molar-refractivity contribution in [2.75, 3.05) is 6.54 Å². The normalized spacial score (nSPS) is 23.0. The van der Waals surface area contributed by atoms with Gasteiger partial charge in [-0.2, -0.15) is 0 Å². The van der Waals surface area contributed by atoms with Gasteiger partial charge in [0.2, 0.25) is 0 Å². The Hall–Kier alpha value is -0.950. The number of alkyl halides is 1. The molecule has 0 aliphatic heterocycles. The van der Waals surface area contributed by atoms with Crippen LogP contribution in [-0.4, -0.2) is 22.2 Å². The van der Waals surface area contributed by atoms with Crippen LogP contribution in [0.5, 0.6) is 0 Å². The second-order valence-electron chi connectivity index (χ2n) is 4.73. The van der Waals surface area contributed by atoms with Crippen molar-refractivity contribution in [3.05, 3.63) is 27.1 Å². The summed E-state index contributed by atoms with van der Waals surface area (Å²) < 4.78 is 0. The molecule has 1 aliphatic rings. The van der Waals surface area contributed by atoms with Gasteiger partial charge >= 0.3 is 5.00 Å². The summed E-state index contributed by atoms with van der Waals surface area (Å²) in [6.07, 6.45) is 4.58. The highest BCUT2D eigenvalue weighted by atomic mass is 79.9. The van der Waals surface area contributed by atoms with Crippen molar-refractivity contribution in [3.63, 3.8) is 0 Å². The highest BCUT2D eigenvalue weighted by Gasteiger charge is 2.21. The van der Waals surface area contributed by atoms with Gasteiger partial charge in [0.05, 0.1) is 9.80 Å². The van der Waals surface area contributed by atoms with E-state index in [4.69, 9.17) is 0 Å². The van der Waals surface area contributed by atoms with Crippen LogP contribution < -0.4 is 5.32 Å². The lowest BCUT2D eigenvalue weighted by atomic mass is 9.89. The number of thiophene rings is 1. The van der Waals surface area contributed by atoms with Gasteiger partial charge in [-0.3, -0.25) is 14.9 Å². The molecule has 1 fully saturated rings. The molecule has 1 N–H and O–H groups in total. The van der Waals surface area contributed by atoms with E-state index < -0.39 is 4.92 Å².